The van der Waals surface area contributed by atoms with Crippen LogP contribution in [-0.4, -0.2) is 9.55 Å². The molecule has 4 rings (SSSR count). The van der Waals surface area contributed by atoms with Gasteiger partial charge in [0.1, 0.15) is 23.7 Å². The molecular formula is C22H20N2O. The zero-order valence-electron chi connectivity index (χ0n) is 14.2. The molecule has 3 nitrogen and oxygen atoms in total. The van der Waals surface area contributed by atoms with E-state index >= 15 is 0 Å². The van der Waals surface area contributed by atoms with Crippen LogP contribution in [0.15, 0.2) is 78.9 Å². The Hall–Kier alpha value is -3.07. The fraction of sp³-hybridized carbons (Fsp3) is 0.136. The Morgan fingerprint density at radius 3 is 2.20 bits per heavy atom. The summed E-state index contributed by atoms with van der Waals surface area (Å²) in [4.78, 5) is 4.76. The standard InChI is InChI=1S/C22H20N2O/c1-17-23-22-20(24(17)15-18-9-4-2-5-10-18)13-8-14-21(22)25-16-19-11-6-3-7-12-19/h2-14H,15-16H2,1H3. The second kappa shape index (κ2) is 6.81. The summed E-state index contributed by atoms with van der Waals surface area (Å²) in [5.41, 5.74) is 4.44. The van der Waals surface area contributed by atoms with Gasteiger partial charge in [0.05, 0.1) is 5.52 Å². The van der Waals surface area contributed by atoms with Gasteiger partial charge in [0.2, 0.25) is 0 Å². The number of rotatable bonds is 5. The summed E-state index contributed by atoms with van der Waals surface area (Å²) in [6.45, 7) is 3.40. The number of para-hydroxylation sites is 1. The minimum Gasteiger partial charge on any atom is -0.487 e. The van der Waals surface area contributed by atoms with Crippen LogP contribution in [0.4, 0.5) is 0 Å². The lowest BCUT2D eigenvalue weighted by molar-refractivity contribution is 0.309. The molecule has 3 aromatic carbocycles. The lowest BCUT2D eigenvalue weighted by Crippen LogP contribution is -2.01. The van der Waals surface area contributed by atoms with Crippen molar-refractivity contribution in [3.8, 4) is 5.75 Å². The predicted molar refractivity (Wildman–Crippen MR) is 101 cm³/mol. The van der Waals surface area contributed by atoms with E-state index in [1.165, 1.54) is 5.56 Å². The van der Waals surface area contributed by atoms with E-state index in [0.29, 0.717) is 6.61 Å². The zero-order chi connectivity index (χ0) is 17.1. The van der Waals surface area contributed by atoms with Crippen LogP contribution >= 0.6 is 0 Å². The van der Waals surface area contributed by atoms with E-state index in [1.54, 1.807) is 0 Å². The maximum absolute atomic E-state index is 6.05. The van der Waals surface area contributed by atoms with Crippen molar-refractivity contribution in [1.82, 2.24) is 9.55 Å². The minimum absolute atomic E-state index is 0.546. The lowest BCUT2D eigenvalue weighted by atomic mass is 10.2. The number of imidazole rings is 1. The van der Waals surface area contributed by atoms with E-state index in [9.17, 15) is 0 Å². The predicted octanol–water partition coefficient (Wildman–Crippen LogP) is 4.97. The molecule has 0 bridgehead atoms. The molecule has 0 fully saturated rings. The van der Waals surface area contributed by atoms with E-state index in [4.69, 9.17) is 9.72 Å². The first kappa shape index (κ1) is 15.5. The van der Waals surface area contributed by atoms with Crippen LogP contribution in [0.3, 0.4) is 0 Å². The van der Waals surface area contributed by atoms with Crippen molar-refractivity contribution in [2.24, 2.45) is 0 Å². The van der Waals surface area contributed by atoms with Crippen LogP contribution < -0.4 is 4.74 Å². The normalized spacial score (nSPS) is 10.9. The molecule has 3 heteroatoms. The van der Waals surface area contributed by atoms with Crippen molar-refractivity contribution in [3.63, 3.8) is 0 Å². The van der Waals surface area contributed by atoms with Crippen LogP contribution in [0.2, 0.25) is 0 Å². The Kier molecular flexibility index (Phi) is 4.21. The molecule has 0 aliphatic heterocycles. The highest BCUT2D eigenvalue weighted by atomic mass is 16.5. The van der Waals surface area contributed by atoms with Crippen molar-refractivity contribution in [3.05, 3.63) is 95.8 Å². The first-order valence-corrected chi connectivity index (χ1v) is 8.48. The molecule has 124 valence electrons. The van der Waals surface area contributed by atoms with Crippen LogP contribution in [0.5, 0.6) is 5.75 Å². The van der Waals surface area contributed by atoms with E-state index in [1.807, 2.05) is 43.3 Å². The molecule has 0 aliphatic rings. The van der Waals surface area contributed by atoms with E-state index in [2.05, 4.69) is 47.0 Å². The summed E-state index contributed by atoms with van der Waals surface area (Å²) in [6, 6.07) is 26.8. The van der Waals surface area contributed by atoms with Crippen molar-refractivity contribution >= 4 is 11.0 Å². The number of aryl methyl sites for hydroxylation is 1. The van der Waals surface area contributed by atoms with Crippen LogP contribution in [0.1, 0.15) is 17.0 Å². The first-order chi connectivity index (χ1) is 12.3. The van der Waals surface area contributed by atoms with Gasteiger partial charge in [-0.2, -0.15) is 0 Å². The Morgan fingerprint density at radius 2 is 1.48 bits per heavy atom. The molecule has 0 saturated heterocycles. The molecule has 0 atom stereocenters. The third kappa shape index (κ3) is 3.26. The Labute approximate surface area is 147 Å². The Balaban J connectivity index is 1.65. The zero-order valence-corrected chi connectivity index (χ0v) is 14.2. The number of ether oxygens (including phenoxy) is 1. The number of benzene rings is 3. The van der Waals surface area contributed by atoms with Crippen molar-refractivity contribution in [2.45, 2.75) is 20.1 Å². The number of hydrogen-bond donors (Lipinski definition) is 0. The highest BCUT2D eigenvalue weighted by Crippen LogP contribution is 2.27. The Morgan fingerprint density at radius 1 is 0.800 bits per heavy atom. The van der Waals surface area contributed by atoms with Gasteiger partial charge in [0.25, 0.3) is 0 Å². The summed E-state index contributed by atoms with van der Waals surface area (Å²) >= 11 is 0. The lowest BCUT2D eigenvalue weighted by Gasteiger charge is -2.09. The maximum atomic E-state index is 6.05. The fourth-order valence-electron chi connectivity index (χ4n) is 3.05. The number of nitrogens with zero attached hydrogens (tertiary/aromatic N) is 2. The molecule has 0 amide bonds. The molecule has 0 N–H and O–H groups in total. The second-order valence-electron chi connectivity index (χ2n) is 6.13. The summed E-state index contributed by atoms with van der Waals surface area (Å²) in [5, 5.41) is 0. The van der Waals surface area contributed by atoms with Crippen LogP contribution in [0.25, 0.3) is 11.0 Å². The molecular weight excluding hydrogens is 308 g/mol. The van der Waals surface area contributed by atoms with Crippen molar-refractivity contribution < 1.29 is 4.74 Å². The molecule has 4 aromatic rings. The highest BCUT2D eigenvalue weighted by Gasteiger charge is 2.12. The molecule has 0 aliphatic carbocycles. The van der Waals surface area contributed by atoms with Gasteiger partial charge >= 0.3 is 0 Å². The van der Waals surface area contributed by atoms with Crippen LogP contribution in [-0.2, 0) is 13.2 Å². The van der Waals surface area contributed by atoms with Gasteiger partial charge in [-0.05, 0) is 30.2 Å². The summed E-state index contributed by atoms with van der Waals surface area (Å²) in [7, 11) is 0. The first-order valence-electron chi connectivity index (χ1n) is 8.48. The molecule has 0 radical (unpaired) electrons. The molecule has 0 saturated carbocycles. The Bertz CT molecular complexity index is 975. The number of fused-ring (bicyclic) bond motifs is 1. The van der Waals surface area contributed by atoms with Gasteiger partial charge in [0, 0.05) is 6.54 Å². The highest BCUT2D eigenvalue weighted by molar-refractivity contribution is 5.82. The van der Waals surface area contributed by atoms with Gasteiger partial charge in [-0.15, -0.1) is 0 Å². The summed E-state index contributed by atoms with van der Waals surface area (Å²) in [5.74, 6) is 1.82. The quantitative estimate of drug-likeness (QED) is 0.517. The fourth-order valence-corrected chi connectivity index (χ4v) is 3.05. The monoisotopic (exact) mass is 328 g/mol. The van der Waals surface area contributed by atoms with Crippen molar-refractivity contribution in [2.75, 3.05) is 0 Å². The molecule has 0 spiro atoms. The van der Waals surface area contributed by atoms with E-state index in [0.717, 1.165) is 34.7 Å². The molecule has 0 unspecified atom stereocenters. The topological polar surface area (TPSA) is 27.1 Å². The van der Waals surface area contributed by atoms with Gasteiger partial charge in [-0.3, -0.25) is 0 Å². The third-order valence-electron chi connectivity index (χ3n) is 4.35. The molecule has 1 aromatic heterocycles. The van der Waals surface area contributed by atoms with Gasteiger partial charge in [0.15, 0.2) is 0 Å². The minimum atomic E-state index is 0.546. The summed E-state index contributed by atoms with van der Waals surface area (Å²) < 4.78 is 8.28. The van der Waals surface area contributed by atoms with Gasteiger partial charge < -0.3 is 9.30 Å². The van der Waals surface area contributed by atoms with E-state index in [-0.39, 0.29) is 0 Å². The maximum Gasteiger partial charge on any atom is 0.147 e. The third-order valence-corrected chi connectivity index (χ3v) is 4.35. The van der Waals surface area contributed by atoms with Crippen molar-refractivity contribution in [1.29, 1.82) is 0 Å². The average Bonchev–Trinajstić information content (AvgIpc) is 2.98. The van der Waals surface area contributed by atoms with E-state index < -0.39 is 0 Å². The van der Waals surface area contributed by atoms with Gasteiger partial charge in [-0.1, -0.05) is 66.7 Å². The molecule has 1 heterocycles. The van der Waals surface area contributed by atoms with Gasteiger partial charge in [-0.25, -0.2) is 4.98 Å². The SMILES string of the molecule is Cc1nc2c(OCc3ccccc3)cccc2n1Cc1ccccc1. The van der Waals surface area contributed by atoms with Crippen LogP contribution in [0, 0.1) is 6.92 Å². The smallest absolute Gasteiger partial charge is 0.147 e. The second-order valence-corrected chi connectivity index (χ2v) is 6.13. The largest absolute Gasteiger partial charge is 0.487 e. The number of aromatic nitrogens is 2. The summed E-state index contributed by atoms with van der Waals surface area (Å²) in [6.07, 6.45) is 0. The average molecular weight is 328 g/mol. The molecule has 25 heavy (non-hydrogen) atoms. The number of hydrogen-bond acceptors (Lipinski definition) is 2.